The van der Waals surface area contributed by atoms with Crippen molar-refractivity contribution in [3.63, 3.8) is 0 Å². The molecular formula is C25H26N4O5S. The fourth-order valence-corrected chi connectivity index (χ4v) is 4.67. The lowest BCUT2D eigenvalue weighted by atomic mass is 10.0. The minimum atomic E-state index is -4.09. The molecule has 10 heteroatoms. The summed E-state index contributed by atoms with van der Waals surface area (Å²) in [5, 5.41) is 2.70. The Balaban J connectivity index is 1.81. The third-order valence-corrected chi connectivity index (χ3v) is 6.51. The number of carbonyl (C=O) groups is 2. The molecular weight excluding hydrogens is 468 g/mol. The lowest BCUT2D eigenvalue weighted by molar-refractivity contribution is -0.116. The van der Waals surface area contributed by atoms with E-state index in [1.54, 1.807) is 49.5 Å². The number of nitrogens with zero attached hydrogens (tertiary/aromatic N) is 1. The zero-order valence-corrected chi connectivity index (χ0v) is 20.4. The first-order valence-corrected chi connectivity index (χ1v) is 12.1. The number of amides is 2. The molecule has 0 bridgehead atoms. The number of benzene rings is 2. The van der Waals surface area contributed by atoms with Gasteiger partial charge in [-0.15, -0.1) is 4.83 Å². The third-order valence-electron chi connectivity index (χ3n) is 5.08. The lowest BCUT2D eigenvalue weighted by Gasteiger charge is -2.14. The van der Waals surface area contributed by atoms with Crippen molar-refractivity contribution >= 4 is 21.8 Å². The Morgan fingerprint density at radius 1 is 1.11 bits per heavy atom. The van der Waals surface area contributed by atoms with E-state index in [4.69, 9.17) is 4.74 Å². The fourth-order valence-electron chi connectivity index (χ4n) is 3.43. The van der Waals surface area contributed by atoms with Crippen LogP contribution < -0.4 is 20.3 Å². The Kier molecular flexibility index (Phi) is 8.00. The highest BCUT2D eigenvalue weighted by Crippen LogP contribution is 2.26. The average molecular weight is 495 g/mol. The van der Waals surface area contributed by atoms with Crippen LogP contribution in [0.1, 0.15) is 27.0 Å². The van der Waals surface area contributed by atoms with Gasteiger partial charge >= 0.3 is 0 Å². The molecule has 182 valence electrons. The van der Waals surface area contributed by atoms with E-state index in [1.807, 2.05) is 13.0 Å². The maximum atomic E-state index is 12.8. The number of hydrazine groups is 1. The molecule has 3 aromatic rings. The maximum absolute atomic E-state index is 12.8. The molecule has 2 aromatic carbocycles. The van der Waals surface area contributed by atoms with E-state index in [1.165, 1.54) is 19.3 Å². The molecule has 3 N–H and O–H groups in total. The first-order valence-electron chi connectivity index (χ1n) is 10.6. The number of aromatic nitrogens is 1. The van der Waals surface area contributed by atoms with Crippen LogP contribution in [0.5, 0.6) is 5.75 Å². The molecule has 1 aromatic heterocycles. The Labute approximate surface area is 204 Å². The molecule has 0 saturated carbocycles. The van der Waals surface area contributed by atoms with E-state index >= 15 is 0 Å². The normalized spacial score (nSPS) is 10.9. The molecule has 0 aliphatic heterocycles. The lowest BCUT2D eigenvalue weighted by Crippen LogP contribution is -2.41. The van der Waals surface area contributed by atoms with E-state index in [-0.39, 0.29) is 22.1 Å². The van der Waals surface area contributed by atoms with Gasteiger partial charge in [-0.25, -0.2) is 8.42 Å². The Bertz CT molecular complexity index is 1390. The predicted molar refractivity (Wildman–Crippen MR) is 132 cm³/mol. The van der Waals surface area contributed by atoms with Crippen LogP contribution in [0.15, 0.2) is 72.3 Å². The van der Waals surface area contributed by atoms with Crippen LogP contribution in [0.3, 0.4) is 0 Å². The molecule has 2 amide bonds. The zero-order chi connectivity index (χ0) is 25.6. The second-order valence-electron chi connectivity index (χ2n) is 7.72. The van der Waals surface area contributed by atoms with Gasteiger partial charge in [0, 0.05) is 23.9 Å². The summed E-state index contributed by atoms with van der Waals surface area (Å²) in [7, 11) is -2.72. The van der Waals surface area contributed by atoms with Gasteiger partial charge in [-0.1, -0.05) is 18.7 Å². The van der Waals surface area contributed by atoms with Crippen molar-refractivity contribution in [2.75, 3.05) is 7.11 Å². The standard InChI is InChI=1S/C25H26N4O5S/c1-5-23(30)27-15-18-9-10-26-21(13-18)19-11-16(2)12-20(14-19)25(31)28-29-35(32,33)24-17(3)7-6-8-22(24)34-4/h5-14,29H,1,15H2,2-4H3,(H,27,30)(H,28,31). The molecule has 0 aliphatic carbocycles. The number of pyridine rings is 1. The predicted octanol–water partition coefficient (Wildman–Crippen LogP) is 2.80. The number of ether oxygens (including phenoxy) is 1. The second kappa shape index (κ2) is 10.9. The Morgan fingerprint density at radius 3 is 2.60 bits per heavy atom. The van der Waals surface area contributed by atoms with Gasteiger partial charge in [0.1, 0.15) is 10.6 Å². The monoisotopic (exact) mass is 494 g/mol. The van der Waals surface area contributed by atoms with Crippen LogP contribution in [0.25, 0.3) is 11.3 Å². The molecule has 9 nitrogen and oxygen atoms in total. The van der Waals surface area contributed by atoms with Crippen molar-refractivity contribution in [3.8, 4) is 17.0 Å². The number of hydrogen-bond acceptors (Lipinski definition) is 6. The second-order valence-corrected chi connectivity index (χ2v) is 9.34. The molecule has 0 radical (unpaired) electrons. The molecule has 0 fully saturated rings. The van der Waals surface area contributed by atoms with E-state index in [0.717, 1.165) is 11.1 Å². The van der Waals surface area contributed by atoms with Crippen molar-refractivity contribution in [1.82, 2.24) is 20.6 Å². The minimum absolute atomic E-state index is 0.0581. The van der Waals surface area contributed by atoms with Crippen molar-refractivity contribution in [1.29, 1.82) is 0 Å². The summed E-state index contributed by atoms with van der Waals surface area (Å²) in [4.78, 5) is 30.7. The highest BCUT2D eigenvalue weighted by atomic mass is 32.2. The number of sulfonamides is 1. The summed E-state index contributed by atoms with van der Waals surface area (Å²) in [5.74, 6) is -0.760. The van der Waals surface area contributed by atoms with E-state index in [9.17, 15) is 18.0 Å². The summed E-state index contributed by atoms with van der Waals surface area (Å²) < 4.78 is 30.8. The van der Waals surface area contributed by atoms with E-state index < -0.39 is 15.9 Å². The van der Waals surface area contributed by atoms with Crippen LogP contribution in [-0.2, 0) is 21.4 Å². The van der Waals surface area contributed by atoms with Gasteiger partial charge in [0.2, 0.25) is 5.91 Å². The summed E-state index contributed by atoms with van der Waals surface area (Å²) >= 11 is 0. The summed E-state index contributed by atoms with van der Waals surface area (Å²) in [6.45, 7) is 7.17. The van der Waals surface area contributed by atoms with Crippen molar-refractivity contribution < 1.29 is 22.7 Å². The molecule has 0 unspecified atom stereocenters. The van der Waals surface area contributed by atoms with Crippen molar-refractivity contribution in [2.45, 2.75) is 25.3 Å². The van der Waals surface area contributed by atoms with E-state index in [0.29, 0.717) is 23.4 Å². The Morgan fingerprint density at radius 2 is 1.89 bits per heavy atom. The topological polar surface area (TPSA) is 126 Å². The molecule has 0 atom stereocenters. The smallest absolute Gasteiger partial charge is 0.266 e. The molecule has 3 rings (SSSR count). The van der Waals surface area contributed by atoms with Gasteiger partial charge in [0.05, 0.1) is 12.8 Å². The van der Waals surface area contributed by atoms with Crippen LogP contribution in [0.4, 0.5) is 0 Å². The van der Waals surface area contributed by atoms with Gasteiger partial charge in [0.25, 0.3) is 15.9 Å². The van der Waals surface area contributed by atoms with E-state index in [2.05, 4.69) is 27.1 Å². The van der Waals surface area contributed by atoms with Gasteiger partial charge in [-0.05, 0) is 73.0 Å². The fraction of sp³-hybridized carbons (Fsp3) is 0.160. The van der Waals surface area contributed by atoms with Gasteiger partial charge in [-0.3, -0.25) is 20.0 Å². The first kappa shape index (κ1) is 25.6. The molecule has 0 aliphatic rings. The largest absolute Gasteiger partial charge is 0.495 e. The number of rotatable bonds is 9. The van der Waals surface area contributed by atoms with Gasteiger partial charge < -0.3 is 10.1 Å². The average Bonchev–Trinajstić information content (AvgIpc) is 2.85. The number of hydrogen-bond donors (Lipinski definition) is 3. The van der Waals surface area contributed by atoms with Gasteiger partial charge in [0.15, 0.2) is 0 Å². The number of aryl methyl sites for hydroxylation is 2. The first-order chi connectivity index (χ1) is 16.6. The quantitative estimate of drug-likeness (QED) is 0.310. The highest BCUT2D eigenvalue weighted by Gasteiger charge is 2.23. The van der Waals surface area contributed by atoms with Crippen LogP contribution in [0.2, 0.25) is 0 Å². The molecule has 1 heterocycles. The van der Waals surface area contributed by atoms with Crippen LogP contribution >= 0.6 is 0 Å². The van der Waals surface area contributed by atoms with Crippen LogP contribution in [0, 0.1) is 13.8 Å². The molecule has 0 spiro atoms. The minimum Gasteiger partial charge on any atom is -0.495 e. The summed E-state index contributed by atoms with van der Waals surface area (Å²) in [6.07, 6.45) is 2.80. The number of carbonyl (C=O) groups excluding carboxylic acids is 2. The maximum Gasteiger partial charge on any atom is 0.266 e. The third kappa shape index (κ3) is 6.31. The molecule has 0 saturated heterocycles. The summed E-state index contributed by atoms with van der Waals surface area (Å²) in [6, 6.07) is 13.5. The Hall–Kier alpha value is -4.02. The van der Waals surface area contributed by atoms with Crippen molar-refractivity contribution in [2.24, 2.45) is 0 Å². The number of methoxy groups -OCH3 is 1. The molecule has 35 heavy (non-hydrogen) atoms. The highest BCUT2D eigenvalue weighted by molar-refractivity contribution is 7.89. The number of nitrogens with one attached hydrogen (secondary N) is 3. The summed E-state index contributed by atoms with van der Waals surface area (Å²) in [5.41, 5.74) is 5.83. The SMILES string of the molecule is C=CC(=O)NCc1ccnc(-c2cc(C)cc(C(=O)NNS(=O)(=O)c3c(C)cccc3OC)c2)c1. The van der Waals surface area contributed by atoms with Gasteiger partial charge in [-0.2, -0.15) is 0 Å². The van der Waals surface area contributed by atoms with Crippen LogP contribution in [-0.4, -0.2) is 32.3 Å². The zero-order valence-electron chi connectivity index (χ0n) is 19.6. The van der Waals surface area contributed by atoms with Crippen molar-refractivity contribution in [3.05, 3.63) is 89.6 Å².